The molecule has 0 aliphatic heterocycles. The Morgan fingerprint density at radius 2 is 1.83 bits per heavy atom. The van der Waals surface area contributed by atoms with E-state index >= 15 is 0 Å². The summed E-state index contributed by atoms with van der Waals surface area (Å²) in [5.41, 5.74) is 1.82. The Morgan fingerprint density at radius 1 is 1.13 bits per heavy atom. The maximum absolute atomic E-state index is 12.5. The van der Waals surface area contributed by atoms with Gasteiger partial charge in [0.1, 0.15) is 29.7 Å². The second-order valence-corrected chi connectivity index (χ2v) is 7.62. The highest BCUT2D eigenvalue weighted by atomic mass is 79.9. The van der Waals surface area contributed by atoms with Crippen LogP contribution in [0, 0.1) is 11.3 Å². The van der Waals surface area contributed by atoms with Crippen molar-refractivity contribution in [3.8, 4) is 17.6 Å². The highest BCUT2D eigenvalue weighted by molar-refractivity contribution is 9.10. The minimum absolute atomic E-state index is 0.0792. The van der Waals surface area contributed by atoms with Gasteiger partial charge in [0.2, 0.25) is 0 Å². The number of phenols is 1. The van der Waals surface area contributed by atoms with Gasteiger partial charge in [-0.3, -0.25) is 4.79 Å². The first-order chi connectivity index (χ1) is 14.4. The molecule has 0 atom stereocenters. The van der Waals surface area contributed by atoms with E-state index in [-0.39, 0.29) is 11.3 Å². The van der Waals surface area contributed by atoms with E-state index in [9.17, 15) is 15.2 Å². The van der Waals surface area contributed by atoms with Gasteiger partial charge >= 0.3 is 0 Å². The number of hydrogen-bond acceptors (Lipinski definition) is 4. The lowest BCUT2D eigenvalue weighted by atomic mass is 10.1. The van der Waals surface area contributed by atoms with Gasteiger partial charge in [-0.2, -0.15) is 5.26 Å². The summed E-state index contributed by atoms with van der Waals surface area (Å²) < 4.78 is 6.86. The molecule has 0 saturated carbocycles. The van der Waals surface area contributed by atoms with Gasteiger partial charge in [0.15, 0.2) is 0 Å². The first kappa shape index (κ1) is 21.4. The lowest BCUT2D eigenvalue weighted by molar-refractivity contribution is -0.112. The average molecular weight is 484 g/mol. The molecule has 0 radical (unpaired) electrons. The number of carbonyl (C=O) groups is 1. The molecular weight excluding hydrogens is 468 g/mol. The van der Waals surface area contributed by atoms with Crippen LogP contribution in [0.4, 0.5) is 5.69 Å². The van der Waals surface area contributed by atoms with Crippen LogP contribution >= 0.6 is 27.5 Å². The number of hydrogen-bond donors (Lipinski definition) is 2. The molecule has 0 unspecified atom stereocenters. The van der Waals surface area contributed by atoms with Crippen molar-refractivity contribution in [1.82, 2.24) is 0 Å². The van der Waals surface area contributed by atoms with Gasteiger partial charge in [0.05, 0.1) is 0 Å². The van der Waals surface area contributed by atoms with Crippen molar-refractivity contribution in [1.29, 1.82) is 5.26 Å². The van der Waals surface area contributed by atoms with Crippen LogP contribution in [-0.2, 0) is 11.4 Å². The monoisotopic (exact) mass is 482 g/mol. The van der Waals surface area contributed by atoms with E-state index in [4.69, 9.17) is 16.3 Å². The predicted octanol–water partition coefficient (Wildman–Crippen LogP) is 5.93. The summed E-state index contributed by atoms with van der Waals surface area (Å²) in [7, 11) is 0. The van der Waals surface area contributed by atoms with Gasteiger partial charge in [-0.15, -0.1) is 0 Å². The topological polar surface area (TPSA) is 82.3 Å². The zero-order valence-electron chi connectivity index (χ0n) is 15.6. The molecule has 3 aromatic carbocycles. The van der Waals surface area contributed by atoms with E-state index in [1.54, 1.807) is 18.2 Å². The number of anilines is 1. The Balaban J connectivity index is 1.81. The van der Waals surface area contributed by atoms with Crippen LogP contribution in [0.3, 0.4) is 0 Å². The molecule has 0 aromatic heterocycles. The smallest absolute Gasteiger partial charge is 0.266 e. The second kappa shape index (κ2) is 9.97. The molecule has 0 saturated heterocycles. The number of rotatable bonds is 6. The number of aromatic hydroxyl groups is 1. The van der Waals surface area contributed by atoms with E-state index in [0.717, 1.165) is 10.0 Å². The molecule has 1 amide bonds. The quantitative estimate of drug-likeness (QED) is 0.258. The Labute approximate surface area is 187 Å². The van der Waals surface area contributed by atoms with Gasteiger partial charge < -0.3 is 15.2 Å². The summed E-state index contributed by atoms with van der Waals surface area (Å²) in [5.74, 6) is -0.00920. The van der Waals surface area contributed by atoms with Crippen molar-refractivity contribution < 1.29 is 14.6 Å². The van der Waals surface area contributed by atoms with Gasteiger partial charge in [0.25, 0.3) is 5.91 Å². The summed E-state index contributed by atoms with van der Waals surface area (Å²) in [5, 5.41) is 21.9. The lowest BCUT2D eigenvalue weighted by Gasteiger charge is -2.11. The van der Waals surface area contributed by atoms with Crippen molar-refractivity contribution in [3.05, 3.63) is 92.9 Å². The summed E-state index contributed by atoms with van der Waals surface area (Å²) in [6.07, 6.45) is 1.43. The lowest BCUT2D eigenvalue weighted by Crippen LogP contribution is -2.13. The zero-order chi connectivity index (χ0) is 21.5. The molecule has 0 aliphatic rings. The molecule has 0 aliphatic carbocycles. The first-order valence-electron chi connectivity index (χ1n) is 8.83. The number of halogens is 2. The molecule has 0 bridgehead atoms. The molecule has 3 aromatic rings. The Morgan fingerprint density at radius 3 is 2.50 bits per heavy atom. The standard InChI is InChI=1S/C23H16BrClN2O3/c24-18-3-1-15(2-4-18)14-30-22-10-5-19(25)12-16(22)11-17(13-26)23(29)27-20-6-8-21(28)9-7-20/h1-12,28H,14H2,(H,27,29)/b17-11+. The number of amides is 1. The van der Waals surface area contributed by atoms with E-state index in [2.05, 4.69) is 21.2 Å². The van der Waals surface area contributed by atoms with Crippen LogP contribution in [-0.4, -0.2) is 11.0 Å². The van der Waals surface area contributed by atoms with E-state index in [0.29, 0.717) is 28.6 Å². The first-order valence-corrected chi connectivity index (χ1v) is 10.0. The Bertz CT molecular complexity index is 1120. The highest BCUT2D eigenvalue weighted by Gasteiger charge is 2.12. The molecule has 150 valence electrons. The molecule has 5 nitrogen and oxygen atoms in total. The number of nitrogens with one attached hydrogen (secondary N) is 1. The normalized spacial score (nSPS) is 10.9. The SMILES string of the molecule is N#C/C(=C\c1cc(Cl)ccc1OCc1ccc(Br)cc1)C(=O)Nc1ccc(O)cc1. The number of phenolic OH excluding ortho intramolecular Hbond substituents is 1. The molecule has 3 rings (SSSR count). The maximum Gasteiger partial charge on any atom is 0.266 e. The molecule has 0 heterocycles. The van der Waals surface area contributed by atoms with Crippen LogP contribution in [0.5, 0.6) is 11.5 Å². The number of nitriles is 1. The van der Waals surface area contributed by atoms with Crippen LogP contribution in [0.25, 0.3) is 6.08 Å². The van der Waals surface area contributed by atoms with Crippen molar-refractivity contribution in [2.24, 2.45) is 0 Å². The number of nitrogens with zero attached hydrogens (tertiary/aromatic N) is 1. The van der Waals surface area contributed by atoms with Crippen molar-refractivity contribution in [2.75, 3.05) is 5.32 Å². The Hall–Kier alpha value is -3.27. The summed E-state index contributed by atoms with van der Waals surface area (Å²) in [4.78, 5) is 12.5. The van der Waals surface area contributed by atoms with Crippen molar-refractivity contribution >= 4 is 45.2 Å². The molecule has 0 spiro atoms. The second-order valence-electron chi connectivity index (χ2n) is 6.27. The number of carbonyl (C=O) groups excluding carboxylic acids is 1. The Kier molecular flexibility index (Phi) is 7.12. The average Bonchev–Trinajstić information content (AvgIpc) is 2.74. The third-order valence-electron chi connectivity index (χ3n) is 4.07. The largest absolute Gasteiger partial charge is 0.508 e. The van der Waals surface area contributed by atoms with Gasteiger partial charge in [0, 0.05) is 20.7 Å². The molecule has 30 heavy (non-hydrogen) atoms. The van der Waals surface area contributed by atoms with E-state index in [1.807, 2.05) is 30.3 Å². The summed E-state index contributed by atoms with van der Waals surface area (Å²) in [6.45, 7) is 0.317. The van der Waals surface area contributed by atoms with E-state index in [1.165, 1.54) is 30.3 Å². The zero-order valence-corrected chi connectivity index (χ0v) is 17.9. The fraction of sp³-hybridized carbons (Fsp3) is 0.0435. The third-order valence-corrected chi connectivity index (χ3v) is 4.83. The van der Waals surface area contributed by atoms with Crippen molar-refractivity contribution in [2.45, 2.75) is 6.61 Å². The number of ether oxygens (including phenoxy) is 1. The van der Waals surface area contributed by atoms with Crippen LogP contribution < -0.4 is 10.1 Å². The molecule has 0 fully saturated rings. The number of benzene rings is 3. The third kappa shape index (κ3) is 5.86. The van der Waals surface area contributed by atoms with Gasteiger partial charge in [-0.25, -0.2) is 0 Å². The fourth-order valence-corrected chi connectivity index (χ4v) is 3.00. The van der Waals surface area contributed by atoms with Gasteiger partial charge in [-0.1, -0.05) is 39.7 Å². The van der Waals surface area contributed by atoms with Crippen LogP contribution in [0.1, 0.15) is 11.1 Å². The fourth-order valence-electron chi connectivity index (χ4n) is 2.55. The minimum Gasteiger partial charge on any atom is -0.508 e. The predicted molar refractivity (Wildman–Crippen MR) is 120 cm³/mol. The highest BCUT2D eigenvalue weighted by Crippen LogP contribution is 2.27. The van der Waals surface area contributed by atoms with Gasteiger partial charge in [-0.05, 0) is 66.2 Å². The van der Waals surface area contributed by atoms with Crippen LogP contribution in [0.2, 0.25) is 5.02 Å². The minimum atomic E-state index is -0.581. The van der Waals surface area contributed by atoms with Crippen LogP contribution in [0.15, 0.2) is 76.8 Å². The van der Waals surface area contributed by atoms with E-state index < -0.39 is 5.91 Å². The molecule has 2 N–H and O–H groups in total. The molecule has 7 heteroatoms. The maximum atomic E-state index is 12.5. The van der Waals surface area contributed by atoms with Crippen molar-refractivity contribution in [3.63, 3.8) is 0 Å². The summed E-state index contributed by atoms with van der Waals surface area (Å²) in [6, 6.07) is 20.6. The summed E-state index contributed by atoms with van der Waals surface area (Å²) >= 11 is 9.50. The molecular formula is C23H16BrClN2O3.